The second kappa shape index (κ2) is 5.69. The van der Waals surface area contributed by atoms with Crippen LogP contribution in [-0.2, 0) is 10.1 Å². The maximum atomic E-state index is 13.6. The molecule has 112 valence electrons. The summed E-state index contributed by atoms with van der Waals surface area (Å²) in [6.07, 6.45) is 0. The van der Waals surface area contributed by atoms with Gasteiger partial charge in [0.15, 0.2) is 11.5 Å². The zero-order valence-electron chi connectivity index (χ0n) is 11.3. The molecule has 0 aromatic heterocycles. The van der Waals surface area contributed by atoms with E-state index in [1.165, 1.54) is 13.2 Å². The maximum absolute atomic E-state index is 13.6. The first-order valence-corrected chi connectivity index (χ1v) is 7.28. The van der Waals surface area contributed by atoms with Gasteiger partial charge >= 0.3 is 10.1 Å². The van der Waals surface area contributed by atoms with Gasteiger partial charge in [-0.05, 0) is 42.8 Å². The minimum atomic E-state index is -4.51. The summed E-state index contributed by atoms with van der Waals surface area (Å²) >= 11 is 0. The van der Waals surface area contributed by atoms with Crippen molar-refractivity contribution >= 4 is 10.1 Å². The summed E-state index contributed by atoms with van der Waals surface area (Å²) in [4.78, 5) is -0.870. The molecule has 0 radical (unpaired) electrons. The van der Waals surface area contributed by atoms with Crippen molar-refractivity contribution in [3.63, 3.8) is 0 Å². The Bertz CT molecular complexity index is 773. The standard InChI is InChI=1S/C14H12F2O4S/c1-9-3-6-12(13(7-9)19-2)20-21(17,18)14-8-10(15)4-5-11(14)16/h3-8H,1-2H3. The van der Waals surface area contributed by atoms with Crippen LogP contribution in [0.1, 0.15) is 5.56 Å². The van der Waals surface area contributed by atoms with Crippen LogP contribution in [0.5, 0.6) is 11.5 Å². The summed E-state index contributed by atoms with van der Waals surface area (Å²) in [6, 6.07) is 6.65. The summed E-state index contributed by atoms with van der Waals surface area (Å²) in [6.45, 7) is 1.78. The molecule has 2 rings (SSSR count). The van der Waals surface area contributed by atoms with Crippen molar-refractivity contribution in [1.29, 1.82) is 0 Å². The normalized spacial score (nSPS) is 11.2. The van der Waals surface area contributed by atoms with Crippen LogP contribution in [0.3, 0.4) is 0 Å². The van der Waals surface area contributed by atoms with Gasteiger partial charge in [-0.25, -0.2) is 8.78 Å². The Morgan fingerprint density at radius 1 is 1.00 bits per heavy atom. The van der Waals surface area contributed by atoms with Crippen LogP contribution in [0.15, 0.2) is 41.3 Å². The molecule has 0 saturated heterocycles. The van der Waals surface area contributed by atoms with Crippen LogP contribution in [0, 0.1) is 18.6 Å². The van der Waals surface area contributed by atoms with E-state index < -0.39 is 26.6 Å². The molecule has 0 spiro atoms. The average Bonchev–Trinajstić information content (AvgIpc) is 2.43. The lowest BCUT2D eigenvalue weighted by molar-refractivity contribution is 0.389. The predicted octanol–water partition coefficient (Wildman–Crippen LogP) is 3.05. The van der Waals surface area contributed by atoms with E-state index in [0.717, 1.165) is 17.7 Å². The number of halogens is 2. The lowest BCUT2D eigenvalue weighted by Gasteiger charge is -2.11. The molecule has 0 unspecified atom stereocenters. The lowest BCUT2D eigenvalue weighted by atomic mass is 10.2. The Balaban J connectivity index is 2.45. The topological polar surface area (TPSA) is 52.6 Å². The fourth-order valence-electron chi connectivity index (χ4n) is 1.68. The average molecular weight is 314 g/mol. The van der Waals surface area contributed by atoms with E-state index in [4.69, 9.17) is 8.92 Å². The van der Waals surface area contributed by atoms with Gasteiger partial charge < -0.3 is 8.92 Å². The molecule has 0 saturated carbocycles. The fourth-order valence-corrected chi connectivity index (χ4v) is 2.70. The molecule has 0 amide bonds. The van der Waals surface area contributed by atoms with Crippen LogP contribution in [-0.4, -0.2) is 15.5 Å². The molecule has 0 aliphatic rings. The molecule has 7 heteroatoms. The number of methoxy groups -OCH3 is 1. The minimum absolute atomic E-state index is 0.105. The highest BCUT2D eigenvalue weighted by Crippen LogP contribution is 2.31. The molecule has 0 N–H and O–H groups in total. The van der Waals surface area contributed by atoms with Gasteiger partial charge in [-0.15, -0.1) is 0 Å². The van der Waals surface area contributed by atoms with Gasteiger partial charge in [0, 0.05) is 0 Å². The van der Waals surface area contributed by atoms with E-state index in [0.29, 0.717) is 6.07 Å². The molecule has 0 heterocycles. The zero-order chi connectivity index (χ0) is 15.6. The molecule has 21 heavy (non-hydrogen) atoms. The molecule has 0 atom stereocenters. The Labute approximate surface area is 121 Å². The summed E-state index contributed by atoms with van der Waals surface area (Å²) in [5.74, 6) is -1.90. The number of benzene rings is 2. The summed E-state index contributed by atoms with van der Waals surface area (Å²) < 4.78 is 60.6. The van der Waals surface area contributed by atoms with E-state index in [1.807, 2.05) is 0 Å². The SMILES string of the molecule is COc1cc(C)ccc1OS(=O)(=O)c1cc(F)ccc1F. The fraction of sp³-hybridized carbons (Fsp3) is 0.143. The number of hydrogen-bond donors (Lipinski definition) is 0. The number of rotatable bonds is 4. The van der Waals surface area contributed by atoms with E-state index in [-0.39, 0.29) is 11.5 Å². The van der Waals surface area contributed by atoms with Crippen LogP contribution in [0.2, 0.25) is 0 Å². The van der Waals surface area contributed by atoms with E-state index in [1.54, 1.807) is 19.1 Å². The van der Waals surface area contributed by atoms with Crippen LogP contribution in [0.25, 0.3) is 0 Å². The third kappa shape index (κ3) is 3.30. The van der Waals surface area contributed by atoms with Crippen molar-refractivity contribution in [2.24, 2.45) is 0 Å². The monoisotopic (exact) mass is 314 g/mol. The molecule has 0 aliphatic heterocycles. The number of ether oxygens (including phenoxy) is 1. The van der Waals surface area contributed by atoms with Gasteiger partial charge in [-0.2, -0.15) is 8.42 Å². The van der Waals surface area contributed by atoms with Gasteiger partial charge in [-0.3, -0.25) is 0 Å². The molecule has 2 aromatic rings. The predicted molar refractivity (Wildman–Crippen MR) is 71.9 cm³/mol. The van der Waals surface area contributed by atoms with Crippen molar-refractivity contribution in [3.05, 3.63) is 53.6 Å². The molecule has 0 bridgehead atoms. The summed E-state index contributed by atoms with van der Waals surface area (Å²) in [5, 5.41) is 0. The molecule has 0 aliphatic carbocycles. The van der Waals surface area contributed by atoms with E-state index in [9.17, 15) is 17.2 Å². The molecular formula is C14H12F2O4S. The Morgan fingerprint density at radius 2 is 1.71 bits per heavy atom. The molecule has 4 nitrogen and oxygen atoms in total. The summed E-state index contributed by atoms with van der Waals surface area (Å²) in [7, 11) is -3.16. The van der Waals surface area contributed by atoms with Gasteiger partial charge in [0.25, 0.3) is 0 Å². The number of hydrogen-bond acceptors (Lipinski definition) is 4. The highest BCUT2D eigenvalue weighted by Gasteiger charge is 2.23. The maximum Gasteiger partial charge on any atom is 0.342 e. The van der Waals surface area contributed by atoms with Crippen molar-refractivity contribution in [1.82, 2.24) is 0 Å². The van der Waals surface area contributed by atoms with Crippen LogP contribution in [0.4, 0.5) is 8.78 Å². The second-order valence-corrected chi connectivity index (χ2v) is 5.78. The minimum Gasteiger partial charge on any atom is -0.493 e. The van der Waals surface area contributed by atoms with E-state index in [2.05, 4.69) is 0 Å². The first-order chi connectivity index (χ1) is 9.83. The van der Waals surface area contributed by atoms with Crippen molar-refractivity contribution in [2.75, 3.05) is 7.11 Å². The highest BCUT2D eigenvalue weighted by molar-refractivity contribution is 7.87. The van der Waals surface area contributed by atoms with Gasteiger partial charge in [0.2, 0.25) is 0 Å². The van der Waals surface area contributed by atoms with Crippen molar-refractivity contribution in [2.45, 2.75) is 11.8 Å². The van der Waals surface area contributed by atoms with Crippen molar-refractivity contribution in [3.8, 4) is 11.5 Å². The Hall–Kier alpha value is -2.15. The quantitative estimate of drug-likeness (QED) is 0.814. The Morgan fingerprint density at radius 3 is 2.38 bits per heavy atom. The van der Waals surface area contributed by atoms with Crippen LogP contribution >= 0.6 is 0 Å². The third-order valence-electron chi connectivity index (χ3n) is 2.68. The molecule has 2 aromatic carbocycles. The smallest absolute Gasteiger partial charge is 0.342 e. The molecule has 0 fully saturated rings. The lowest BCUT2D eigenvalue weighted by Crippen LogP contribution is -2.12. The zero-order valence-corrected chi connectivity index (χ0v) is 12.1. The third-order valence-corrected chi connectivity index (χ3v) is 3.93. The highest BCUT2D eigenvalue weighted by atomic mass is 32.2. The largest absolute Gasteiger partial charge is 0.493 e. The summed E-state index contributed by atoms with van der Waals surface area (Å²) in [5.41, 5.74) is 0.827. The Kier molecular flexibility index (Phi) is 4.13. The molecular weight excluding hydrogens is 302 g/mol. The van der Waals surface area contributed by atoms with E-state index >= 15 is 0 Å². The first kappa shape index (κ1) is 15.2. The van der Waals surface area contributed by atoms with Crippen molar-refractivity contribution < 1.29 is 26.1 Å². The first-order valence-electron chi connectivity index (χ1n) is 5.87. The van der Waals surface area contributed by atoms with Gasteiger partial charge in [-0.1, -0.05) is 6.07 Å². The van der Waals surface area contributed by atoms with Gasteiger partial charge in [0.05, 0.1) is 7.11 Å². The van der Waals surface area contributed by atoms with Crippen LogP contribution < -0.4 is 8.92 Å². The second-order valence-electron chi connectivity index (χ2n) is 4.27. The van der Waals surface area contributed by atoms with Gasteiger partial charge in [0.1, 0.15) is 16.5 Å². The number of aryl methyl sites for hydroxylation is 1.